The fourth-order valence-electron chi connectivity index (χ4n) is 3.76. The van der Waals surface area contributed by atoms with Crippen molar-refractivity contribution in [1.29, 1.82) is 0 Å². The van der Waals surface area contributed by atoms with E-state index in [9.17, 15) is 13.2 Å². The number of halogens is 1. The fourth-order valence-corrected chi connectivity index (χ4v) is 5.27. The highest BCUT2D eigenvalue weighted by atomic mass is 35.5. The molecular formula is C30H28ClN3O4S. The highest BCUT2D eigenvalue weighted by Crippen LogP contribution is 2.21. The van der Waals surface area contributed by atoms with Crippen molar-refractivity contribution in [2.75, 3.05) is 6.54 Å². The number of hydrazone groups is 1. The molecule has 7 nitrogen and oxygen atoms in total. The summed E-state index contributed by atoms with van der Waals surface area (Å²) >= 11 is 5.93. The van der Waals surface area contributed by atoms with E-state index in [1.807, 2.05) is 85.8 Å². The monoisotopic (exact) mass is 561 g/mol. The zero-order valence-electron chi connectivity index (χ0n) is 21.3. The normalized spacial score (nSPS) is 11.6. The lowest BCUT2D eigenvalue weighted by Crippen LogP contribution is -2.39. The molecule has 39 heavy (non-hydrogen) atoms. The Hall–Kier alpha value is -3.98. The van der Waals surface area contributed by atoms with E-state index < -0.39 is 22.5 Å². The Kier molecular flexibility index (Phi) is 9.49. The molecule has 0 aliphatic carbocycles. The van der Waals surface area contributed by atoms with Crippen LogP contribution >= 0.6 is 11.6 Å². The molecule has 0 saturated heterocycles. The summed E-state index contributed by atoms with van der Waals surface area (Å²) in [5.41, 5.74) is 5.99. The van der Waals surface area contributed by atoms with Crippen molar-refractivity contribution in [2.45, 2.75) is 25.0 Å². The zero-order valence-corrected chi connectivity index (χ0v) is 22.9. The maximum Gasteiger partial charge on any atom is 0.255 e. The summed E-state index contributed by atoms with van der Waals surface area (Å²) in [4.78, 5) is 12.8. The Labute approximate surface area is 233 Å². The molecule has 4 rings (SSSR count). The van der Waals surface area contributed by atoms with Crippen molar-refractivity contribution in [3.05, 3.63) is 130 Å². The Morgan fingerprint density at radius 1 is 0.923 bits per heavy atom. The number of aryl methyl sites for hydroxylation is 1. The second-order valence-corrected chi connectivity index (χ2v) is 11.2. The molecule has 1 amide bonds. The third kappa shape index (κ3) is 8.25. The van der Waals surface area contributed by atoms with Crippen LogP contribution in [0.15, 0.2) is 113 Å². The highest BCUT2D eigenvalue weighted by molar-refractivity contribution is 7.89. The quantitative estimate of drug-likeness (QED) is 0.192. The number of nitrogens with zero attached hydrogens (tertiary/aromatic N) is 2. The van der Waals surface area contributed by atoms with Crippen molar-refractivity contribution in [1.82, 2.24) is 9.73 Å². The van der Waals surface area contributed by atoms with Crippen LogP contribution in [0.4, 0.5) is 0 Å². The molecular weight excluding hydrogens is 534 g/mol. The van der Waals surface area contributed by atoms with E-state index in [4.69, 9.17) is 16.3 Å². The third-order valence-corrected chi connectivity index (χ3v) is 7.80. The minimum atomic E-state index is -3.98. The van der Waals surface area contributed by atoms with Gasteiger partial charge in [-0.25, -0.2) is 13.8 Å². The molecule has 0 fully saturated rings. The van der Waals surface area contributed by atoms with Crippen LogP contribution in [0.1, 0.15) is 22.3 Å². The molecule has 4 aromatic rings. The first-order valence-electron chi connectivity index (χ1n) is 12.2. The van der Waals surface area contributed by atoms with Crippen molar-refractivity contribution in [3.63, 3.8) is 0 Å². The summed E-state index contributed by atoms with van der Waals surface area (Å²) in [6.07, 6.45) is 1.48. The largest absolute Gasteiger partial charge is 0.489 e. The zero-order chi connectivity index (χ0) is 27.7. The second-order valence-electron chi connectivity index (χ2n) is 8.85. The van der Waals surface area contributed by atoms with Crippen LogP contribution in [-0.4, -0.2) is 31.4 Å². The number of sulfonamides is 1. The lowest BCUT2D eigenvalue weighted by molar-refractivity contribution is -0.121. The first-order valence-corrected chi connectivity index (χ1v) is 14.0. The molecule has 0 spiro atoms. The molecule has 0 unspecified atom stereocenters. The van der Waals surface area contributed by atoms with Gasteiger partial charge in [0.2, 0.25) is 10.0 Å². The van der Waals surface area contributed by atoms with E-state index in [-0.39, 0.29) is 11.4 Å². The van der Waals surface area contributed by atoms with Gasteiger partial charge in [0, 0.05) is 11.6 Å². The molecule has 0 bridgehead atoms. The molecule has 0 aliphatic heterocycles. The maximum atomic E-state index is 13.4. The molecule has 0 saturated carbocycles. The number of benzene rings is 4. The van der Waals surface area contributed by atoms with Crippen molar-refractivity contribution in [2.24, 2.45) is 5.10 Å². The van der Waals surface area contributed by atoms with Crippen LogP contribution in [-0.2, 0) is 28.0 Å². The molecule has 1 N–H and O–H groups in total. The predicted molar refractivity (Wildman–Crippen MR) is 153 cm³/mol. The third-order valence-electron chi connectivity index (χ3n) is 5.74. The van der Waals surface area contributed by atoms with Gasteiger partial charge in [0.15, 0.2) is 0 Å². The Morgan fingerprint density at radius 3 is 2.31 bits per heavy atom. The number of amides is 1. The van der Waals surface area contributed by atoms with Gasteiger partial charge in [-0.05, 0) is 72.1 Å². The molecule has 0 radical (unpaired) electrons. The predicted octanol–water partition coefficient (Wildman–Crippen LogP) is 5.57. The van der Waals surface area contributed by atoms with Gasteiger partial charge >= 0.3 is 0 Å². The SMILES string of the molecule is Cc1cccc(CN(CC(=O)N/N=C\c2ccc(OCc3ccccc3)cc2)S(=O)(=O)c2ccc(Cl)cc2)c1. The lowest BCUT2D eigenvalue weighted by atomic mass is 10.1. The standard InChI is InChI=1S/C30H28ClN3O4S/c1-23-6-5-9-26(18-23)20-34(39(36,37)29-16-12-27(31)13-17-29)21-30(35)33-32-19-24-10-14-28(15-11-24)38-22-25-7-3-2-4-8-25/h2-19H,20-22H2,1H3,(H,33,35)/b32-19-. The highest BCUT2D eigenvalue weighted by Gasteiger charge is 2.27. The summed E-state index contributed by atoms with van der Waals surface area (Å²) in [5, 5.41) is 4.42. The molecule has 0 atom stereocenters. The summed E-state index contributed by atoms with van der Waals surface area (Å²) in [7, 11) is -3.98. The first kappa shape index (κ1) is 28.0. The van der Waals surface area contributed by atoms with Gasteiger partial charge in [-0.1, -0.05) is 71.8 Å². The molecule has 4 aromatic carbocycles. The molecule has 9 heteroatoms. The smallest absolute Gasteiger partial charge is 0.255 e. The lowest BCUT2D eigenvalue weighted by Gasteiger charge is -2.21. The van der Waals surface area contributed by atoms with Crippen LogP contribution in [0, 0.1) is 6.92 Å². The number of ether oxygens (including phenoxy) is 1. The van der Waals surface area contributed by atoms with E-state index in [1.54, 1.807) is 0 Å². The average molecular weight is 562 g/mol. The Bertz CT molecular complexity index is 1520. The van der Waals surface area contributed by atoms with Gasteiger partial charge in [0.25, 0.3) is 5.91 Å². The van der Waals surface area contributed by atoms with Gasteiger partial charge < -0.3 is 4.74 Å². The minimum Gasteiger partial charge on any atom is -0.489 e. The van der Waals surface area contributed by atoms with Crippen LogP contribution in [0.5, 0.6) is 5.75 Å². The number of hydrogen-bond donors (Lipinski definition) is 1. The Morgan fingerprint density at radius 2 is 1.62 bits per heavy atom. The van der Waals surface area contributed by atoms with Crippen molar-refractivity contribution in [3.8, 4) is 5.75 Å². The molecule has 0 aromatic heterocycles. The summed E-state index contributed by atoms with van der Waals surface area (Å²) < 4.78 is 33.7. The molecule has 200 valence electrons. The average Bonchev–Trinajstić information content (AvgIpc) is 2.93. The van der Waals surface area contributed by atoms with Crippen molar-refractivity contribution < 1.29 is 17.9 Å². The van der Waals surface area contributed by atoms with E-state index >= 15 is 0 Å². The topological polar surface area (TPSA) is 88.1 Å². The fraction of sp³-hybridized carbons (Fsp3) is 0.133. The molecule has 0 heterocycles. The number of nitrogens with one attached hydrogen (secondary N) is 1. The van der Waals surface area contributed by atoms with Crippen LogP contribution < -0.4 is 10.2 Å². The maximum absolute atomic E-state index is 13.4. The number of carbonyl (C=O) groups is 1. The summed E-state index contributed by atoms with van der Waals surface area (Å²) in [5.74, 6) is 0.137. The van der Waals surface area contributed by atoms with Gasteiger partial charge in [-0.2, -0.15) is 9.41 Å². The second kappa shape index (κ2) is 13.2. The number of rotatable bonds is 11. The van der Waals surface area contributed by atoms with Gasteiger partial charge in [-0.15, -0.1) is 0 Å². The molecule has 0 aliphatic rings. The van der Waals surface area contributed by atoms with E-state index in [2.05, 4.69) is 10.5 Å². The van der Waals surface area contributed by atoms with Crippen LogP contribution in [0.2, 0.25) is 5.02 Å². The van der Waals surface area contributed by atoms with Gasteiger partial charge in [-0.3, -0.25) is 4.79 Å². The Balaban J connectivity index is 1.39. The van der Waals surface area contributed by atoms with Crippen molar-refractivity contribution >= 4 is 33.7 Å². The number of hydrogen-bond acceptors (Lipinski definition) is 5. The minimum absolute atomic E-state index is 0.0220. The van der Waals surface area contributed by atoms with E-state index in [0.29, 0.717) is 17.4 Å². The van der Waals surface area contributed by atoms with Crippen LogP contribution in [0.3, 0.4) is 0 Å². The summed E-state index contributed by atoms with van der Waals surface area (Å²) in [6, 6.07) is 30.4. The first-order chi connectivity index (χ1) is 18.8. The van der Waals surface area contributed by atoms with Gasteiger partial charge in [0.1, 0.15) is 12.4 Å². The van der Waals surface area contributed by atoms with E-state index in [0.717, 1.165) is 26.6 Å². The number of carbonyl (C=O) groups excluding carboxylic acids is 1. The van der Waals surface area contributed by atoms with Crippen LogP contribution in [0.25, 0.3) is 0 Å². The van der Waals surface area contributed by atoms with E-state index in [1.165, 1.54) is 30.5 Å². The van der Waals surface area contributed by atoms with Gasteiger partial charge in [0.05, 0.1) is 17.7 Å². The summed E-state index contributed by atoms with van der Waals surface area (Å²) in [6.45, 7) is 1.99.